The van der Waals surface area contributed by atoms with Gasteiger partial charge >= 0.3 is 12.1 Å². The van der Waals surface area contributed by atoms with Crippen molar-refractivity contribution < 1.29 is 23.5 Å². The number of carbonyl (C=O) groups is 2. The molecule has 2 rings (SSSR count). The van der Waals surface area contributed by atoms with Crippen molar-refractivity contribution in [3.63, 3.8) is 0 Å². The molecule has 25 heavy (non-hydrogen) atoms. The normalized spacial score (nSPS) is 10.3. The van der Waals surface area contributed by atoms with Gasteiger partial charge in [0.25, 0.3) is 0 Å². The summed E-state index contributed by atoms with van der Waals surface area (Å²) in [7, 11) is 0. The van der Waals surface area contributed by atoms with Gasteiger partial charge in [-0.15, -0.1) is 0 Å². The first-order chi connectivity index (χ1) is 12.1. The van der Waals surface area contributed by atoms with E-state index in [0.717, 1.165) is 11.1 Å². The molecule has 5 nitrogen and oxygen atoms in total. The first-order valence-electron chi connectivity index (χ1n) is 8.00. The highest BCUT2D eigenvalue weighted by Gasteiger charge is 2.11. The fourth-order valence-electron chi connectivity index (χ4n) is 2.13. The van der Waals surface area contributed by atoms with Gasteiger partial charge in [-0.3, -0.25) is 4.79 Å². The highest BCUT2D eigenvalue weighted by Crippen LogP contribution is 2.04. The summed E-state index contributed by atoms with van der Waals surface area (Å²) in [6.45, 7) is 1.01. The zero-order valence-corrected chi connectivity index (χ0v) is 13.7. The number of esters is 1. The second-order valence-corrected chi connectivity index (χ2v) is 5.38. The minimum absolute atomic E-state index is 0.0452. The summed E-state index contributed by atoms with van der Waals surface area (Å²) >= 11 is 0. The van der Waals surface area contributed by atoms with Crippen LogP contribution < -0.4 is 5.32 Å². The molecular formula is C19H20FNO4. The van der Waals surface area contributed by atoms with Crippen LogP contribution in [0.15, 0.2) is 54.6 Å². The molecule has 0 radical (unpaired) electrons. The van der Waals surface area contributed by atoms with E-state index in [1.54, 1.807) is 18.2 Å². The third-order valence-corrected chi connectivity index (χ3v) is 3.38. The maximum atomic E-state index is 13.0. The molecule has 0 saturated heterocycles. The van der Waals surface area contributed by atoms with E-state index in [1.807, 2.05) is 24.3 Å². The quantitative estimate of drug-likeness (QED) is 0.452. The largest absolute Gasteiger partial charge is 0.516 e. The van der Waals surface area contributed by atoms with E-state index >= 15 is 0 Å². The average Bonchev–Trinajstić information content (AvgIpc) is 2.60. The van der Waals surface area contributed by atoms with E-state index in [4.69, 9.17) is 4.74 Å². The molecule has 0 saturated carbocycles. The lowest BCUT2D eigenvalue weighted by molar-refractivity contribution is -0.139. The van der Waals surface area contributed by atoms with Crippen molar-refractivity contribution in [2.24, 2.45) is 0 Å². The van der Waals surface area contributed by atoms with E-state index in [-0.39, 0.29) is 18.8 Å². The number of carbonyl (C=O) groups excluding carboxylic acids is 2. The lowest BCUT2D eigenvalue weighted by Crippen LogP contribution is -2.23. The Morgan fingerprint density at radius 2 is 1.72 bits per heavy atom. The molecule has 132 valence electrons. The van der Waals surface area contributed by atoms with Crippen molar-refractivity contribution in [2.45, 2.75) is 19.4 Å². The van der Waals surface area contributed by atoms with Gasteiger partial charge in [0.1, 0.15) is 12.4 Å². The van der Waals surface area contributed by atoms with Crippen LogP contribution in [0, 0.1) is 5.82 Å². The summed E-state index contributed by atoms with van der Waals surface area (Å²) in [6, 6.07) is 15.5. The molecule has 0 unspecified atom stereocenters. The van der Waals surface area contributed by atoms with Gasteiger partial charge in [0.2, 0.25) is 0 Å². The van der Waals surface area contributed by atoms with Crippen LogP contribution in [-0.4, -0.2) is 25.2 Å². The summed E-state index contributed by atoms with van der Waals surface area (Å²) in [5.74, 6) is -0.925. The number of rotatable bonds is 8. The standard InChI is InChI=1S/C19H20FNO4/c20-17-8-4-7-15(13-17)9-11-21-12-10-18(22)25-19(23)24-14-16-5-2-1-3-6-16/h1-8,13,21H,9-12,14H2. The molecule has 1 N–H and O–H groups in total. The Balaban J connectivity index is 1.55. The van der Waals surface area contributed by atoms with Gasteiger partial charge in [-0.25, -0.2) is 9.18 Å². The zero-order chi connectivity index (χ0) is 17.9. The van der Waals surface area contributed by atoms with E-state index < -0.39 is 12.1 Å². The fourth-order valence-corrected chi connectivity index (χ4v) is 2.13. The second-order valence-electron chi connectivity index (χ2n) is 5.38. The summed E-state index contributed by atoms with van der Waals surface area (Å²) in [5.41, 5.74) is 1.69. The van der Waals surface area contributed by atoms with Gasteiger partial charge in [-0.2, -0.15) is 0 Å². The number of hydrogen-bond acceptors (Lipinski definition) is 5. The number of hydrogen-bond donors (Lipinski definition) is 1. The Labute approximate surface area is 145 Å². The highest BCUT2D eigenvalue weighted by atomic mass is 19.1. The predicted molar refractivity (Wildman–Crippen MR) is 90.3 cm³/mol. The fraction of sp³-hybridized carbons (Fsp3) is 0.263. The Bertz CT molecular complexity index is 691. The van der Waals surface area contributed by atoms with Crippen LogP contribution in [-0.2, 0) is 27.3 Å². The van der Waals surface area contributed by atoms with Gasteiger partial charge in [-0.1, -0.05) is 42.5 Å². The van der Waals surface area contributed by atoms with Crippen molar-refractivity contribution in [2.75, 3.05) is 13.1 Å². The molecule has 2 aromatic rings. The molecule has 0 bridgehead atoms. The van der Waals surface area contributed by atoms with Gasteiger partial charge in [0.15, 0.2) is 0 Å². The Hall–Kier alpha value is -2.73. The van der Waals surface area contributed by atoms with E-state index in [0.29, 0.717) is 19.5 Å². The summed E-state index contributed by atoms with van der Waals surface area (Å²) < 4.78 is 22.4. The van der Waals surface area contributed by atoms with Crippen LogP contribution in [0.1, 0.15) is 17.5 Å². The monoisotopic (exact) mass is 345 g/mol. The van der Waals surface area contributed by atoms with Crippen LogP contribution in [0.25, 0.3) is 0 Å². The minimum atomic E-state index is -1.01. The first kappa shape index (κ1) is 18.6. The summed E-state index contributed by atoms with van der Waals surface area (Å²) in [4.78, 5) is 22.9. The van der Waals surface area contributed by atoms with Crippen molar-refractivity contribution in [1.29, 1.82) is 0 Å². The van der Waals surface area contributed by atoms with Crippen LogP contribution >= 0.6 is 0 Å². The van der Waals surface area contributed by atoms with Crippen LogP contribution in [0.4, 0.5) is 9.18 Å². The molecule has 0 amide bonds. The molecule has 0 atom stereocenters. The Kier molecular flexibility index (Phi) is 7.59. The molecule has 0 spiro atoms. The van der Waals surface area contributed by atoms with E-state index in [1.165, 1.54) is 12.1 Å². The molecular weight excluding hydrogens is 325 g/mol. The molecule has 0 heterocycles. The molecule has 2 aromatic carbocycles. The number of ether oxygens (including phenoxy) is 2. The van der Waals surface area contributed by atoms with E-state index in [9.17, 15) is 14.0 Å². The third-order valence-electron chi connectivity index (χ3n) is 3.38. The van der Waals surface area contributed by atoms with Gasteiger partial charge in [0.05, 0.1) is 6.42 Å². The smallest absolute Gasteiger partial charge is 0.429 e. The van der Waals surface area contributed by atoms with Crippen LogP contribution in [0.5, 0.6) is 0 Å². The molecule has 6 heteroatoms. The maximum absolute atomic E-state index is 13.0. The molecule has 0 aromatic heterocycles. The predicted octanol–water partition coefficient (Wildman–Crippen LogP) is 3.23. The lowest BCUT2D eigenvalue weighted by atomic mass is 10.1. The van der Waals surface area contributed by atoms with Crippen molar-refractivity contribution in [3.05, 3.63) is 71.5 Å². The topological polar surface area (TPSA) is 64.6 Å². The average molecular weight is 345 g/mol. The molecule has 0 aliphatic heterocycles. The molecule has 0 aliphatic carbocycles. The first-order valence-corrected chi connectivity index (χ1v) is 8.00. The minimum Gasteiger partial charge on any atom is -0.429 e. The lowest BCUT2D eigenvalue weighted by Gasteiger charge is -2.06. The van der Waals surface area contributed by atoms with Gasteiger partial charge < -0.3 is 14.8 Å². The summed E-state index contributed by atoms with van der Waals surface area (Å²) in [5, 5.41) is 3.04. The number of halogens is 1. The van der Waals surface area contributed by atoms with Gasteiger partial charge in [0, 0.05) is 6.54 Å². The molecule has 0 aliphatic rings. The second kappa shape index (κ2) is 10.2. The SMILES string of the molecule is O=C(CCNCCc1cccc(F)c1)OC(=O)OCc1ccccc1. The third kappa shape index (κ3) is 7.58. The Morgan fingerprint density at radius 3 is 2.48 bits per heavy atom. The van der Waals surface area contributed by atoms with Crippen LogP contribution in [0.3, 0.4) is 0 Å². The molecule has 0 fully saturated rings. The summed E-state index contributed by atoms with van der Waals surface area (Å²) in [6.07, 6.45) is -0.316. The van der Waals surface area contributed by atoms with E-state index in [2.05, 4.69) is 10.1 Å². The zero-order valence-electron chi connectivity index (χ0n) is 13.7. The van der Waals surface area contributed by atoms with Crippen LogP contribution in [0.2, 0.25) is 0 Å². The van der Waals surface area contributed by atoms with Crippen molar-refractivity contribution >= 4 is 12.1 Å². The van der Waals surface area contributed by atoms with Crippen molar-refractivity contribution in [1.82, 2.24) is 5.32 Å². The Morgan fingerprint density at radius 1 is 0.960 bits per heavy atom. The highest BCUT2D eigenvalue weighted by molar-refractivity contribution is 5.81. The maximum Gasteiger partial charge on any atom is 0.516 e. The van der Waals surface area contributed by atoms with Crippen molar-refractivity contribution in [3.8, 4) is 0 Å². The number of nitrogens with one attached hydrogen (secondary N) is 1. The number of benzene rings is 2. The van der Waals surface area contributed by atoms with Gasteiger partial charge in [-0.05, 0) is 36.2 Å².